The third-order valence-corrected chi connectivity index (χ3v) is 5.60. The van der Waals surface area contributed by atoms with Crippen LogP contribution in [0.15, 0.2) is 0 Å². The van der Waals surface area contributed by atoms with Crippen LogP contribution in [0.25, 0.3) is 0 Å². The van der Waals surface area contributed by atoms with Crippen molar-refractivity contribution in [1.82, 2.24) is 0 Å². The highest BCUT2D eigenvalue weighted by Gasteiger charge is 2.13. The van der Waals surface area contributed by atoms with Crippen LogP contribution in [0.5, 0.6) is 0 Å². The van der Waals surface area contributed by atoms with Gasteiger partial charge in [-0.1, -0.05) is 13.8 Å². The van der Waals surface area contributed by atoms with E-state index in [1.807, 2.05) is 0 Å². The Bertz CT molecular complexity index is 256. The first kappa shape index (κ1) is 19.6. The van der Waals surface area contributed by atoms with Gasteiger partial charge in [-0.15, -0.1) is 0 Å². The van der Waals surface area contributed by atoms with Crippen molar-refractivity contribution >= 4 is 35.5 Å². The number of hydrogen-bond acceptors (Lipinski definition) is 6. The third kappa shape index (κ3) is 10.4. The number of carbonyl (C=O) groups is 2. The molecule has 118 valence electrons. The maximum Gasteiger partial charge on any atom is 0.306 e. The summed E-state index contributed by atoms with van der Waals surface area (Å²) in [6.45, 7) is 4.47. The Morgan fingerprint density at radius 3 is 1.50 bits per heavy atom. The van der Waals surface area contributed by atoms with E-state index in [1.54, 1.807) is 23.5 Å². The second-order valence-corrected chi connectivity index (χ2v) is 7.06. The first-order valence-electron chi connectivity index (χ1n) is 6.80. The van der Waals surface area contributed by atoms with Crippen molar-refractivity contribution in [3.8, 4) is 0 Å². The van der Waals surface area contributed by atoms with Gasteiger partial charge in [0.25, 0.3) is 0 Å². The van der Waals surface area contributed by atoms with Crippen molar-refractivity contribution in [3.05, 3.63) is 0 Å². The lowest BCUT2D eigenvalue weighted by Gasteiger charge is -2.19. The molecule has 0 aliphatic heterocycles. The van der Waals surface area contributed by atoms with Gasteiger partial charge in [0.15, 0.2) is 0 Å². The summed E-state index contributed by atoms with van der Waals surface area (Å²) in [6.07, 6.45) is 0.965. The zero-order chi connectivity index (χ0) is 15.4. The van der Waals surface area contributed by atoms with Gasteiger partial charge in [-0.05, 0) is 23.3 Å². The standard InChI is InChI=1S/C14H26O4S2/c1-11(9-19-7-5-13(15)17-3)12(2)10-20-8-6-14(16)18-4/h11-12H,5-10H2,1-4H3. The summed E-state index contributed by atoms with van der Waals surface area (Å²) in [6, 6.07) is 0. The molecule has 0 amide bonds. The van der Waals surface area contributed by atoms with Crippen LogP contribution in [0.4, 0.5) is 0 Å². The molecule has 0 bridgehead atoms. The Morgan fingerprint density at radius 2 is 1.20 bits per heavy atom. The number of methoxy groups -OCH3 is 2. The molecule has 0 spiro atoms. The molecule has 0 aromatic rings. The van der Waals surface area contributed by atoms with Crippen LogP contribution in [0.1, 0.15) is 26.7 Å². The number of carbonyl (C=O) groups excluding carboxylic acids is 2. The summed E-state index contributed by atoms with van der Waals surface area (Å²) in [5.41, 5.74) is 0. The van der Waals surface area contributed by atoms with Gasteiger partial charge < -0.3 is 9.47 Å². The van der Waals surface area contributed by atoms with Gasteiger partial charge in [0, 0.05) is 11.5 Å². The number of thioether (sulfide) groups is 2. The zero-order valence-electron chi connectivity index (χ0n) is 12.8. The van der Waals surface area contributed by atoms with Gasteiger partial charge in [-0.25, -0.2) is 0 Å². The fourth-order valence-electron chi connectivity index (χ4n) is 1.38. The van der Waals surface area contributed by atoms with E-state index in [2.05, 4.69) is 23.3 Å². The lowest BCUT2D eigenvalue weighted by atomic mass is 10.0. The number of rotatable bonds is 11. The van der Waals surface area contributed by atoms with E-state index in [0.717, 1.165) is 23.0 Å². The molecule has 0 aliphatic rings. The Morgan fingerprint density at radius 1 is 0.850 bits per heavy atom. The summed E-state index contributed by atoms with van der Waals surface area (Å²) < 4.78 is 9.21. The molecule has 6 heteroatoms. The van der Waals surface area contributed by atoms with Crippen LogP contribution >= 0.6 is 23.5 Å². The first-order valence-corrected chi connectivity index (χ1v) is 9.11. The minimum Gasteiger partial charge on any atom is -0.469 e. The SMILES string of the molecule is COC(=O)CCSCC(C)C(C)CSCCC(=O)OC. The summed E-state index contributed by atoms with van der Waals surface area (Å²) >= 11 is 3.59. The molecule has 2 atom stereocenters. The van der Waals surface area contributed by atoms with E-state index >= 15 is 0 Å². The van der Waals surface area contributed by atoms with Gasteiger partial charge >= 0.3 is 11.9 Å². The van der Waals surface area contributed by atoms with Gasteiger partial charge in [0.2, 0.25) is 0 Å². The van der Waals surface area contributed by atoms with Crippen LogP contribution < -0.4 is 0 Å². The number of ether oxygens (including phenoxy) is 2. The van der Waals surface area contributed by atoms with E-state index in [4.69, 9.17) is 0 Å². The van der Waals surface area contributed by atoms with Gasteiger partial charge in [0.1, 0.15) is 0 Å². The van der Waals surface area contributed by atoms with Crippen LogP contribution in [0, 0.1) is 11.8 Å². The molecule has 0 aromatic carbocycles. The van der Waals surface area contributed by atoms with E-state index in [0.29, 0.717) is 24.7 Å². The predicted octanol–water partition coefficient (Wildman–Crippen LogP) is 2.85. The quantitative estimate of drug-likeness (QED) is 0.431. The smallest absolute Gasteiger partial charge is 0.306 e. The van der Waals surface area contributed by atoms with Crippen molar-refractivity contribution < 1.29 is 19.1 Å². The average Bonchev–Trinajstić information content (AvgIpc) is 2.46. The van der Waals surface area contributed by atoms with Crippen molar-refractivity contribution in [3.63, 3.8) is 0 Å². The summed E-state index contributed by atoms with van der Waals surface area (Å²) in [7, 11) is 2.84. The van der Waals surface area contributed by atoms with Crippen molar-refractivity contribution in [2.75, 3.05) is 37.2 Å². The van der Waals surface area contributed by atoms with Crippen LogP contribution in [0.3, 0.4) is 0 Å². The van der Waals surface area contributed by atoms with Crippen molar-refractivity contribution in [2.24, 2.45) is 11.8 Å². The van der Waals surface area contributed by atoms with E-state index in [1.165, 1.54) is 14.2 Å². The Kier molecular flexibility index (Phi) is 12.2. The topological polar surface area (TPSA) is 52.6 Å². The molecule has 0 aromatic heterocycles. The van der Waals surface area contributed by atoms with Crippen LogP contribution in [-0.2, 0) is 19.1 Å². The minimum atomic E-state index is -0.142. The van der Waals surface area contributed by atoms with Gasteiger partial charge in [-0.2, -0.15) is 23.5 Å². The Balaban J connectivity index is 3.58. The second-order valence-electron chi connectivity index (χ2n) is 4.76. The lowest BCUT2D eigenvalue weighted by Crippen LogP contribution is -2.14. The predicted molar refractivity (Wildman–Crippen MR) is 86.2 cm³/mol. The maximum atomic E-state index is 11.0. The molecule has 2 unspecified atom stereocenters. The van der Waals surface area contributed by atoms with Crippen molar-refractivity contribution in [1.29, 1.82) is 0 Å². The zero-order valence-corrected chi connectivity index (χ0v) is 14.5. The fourth-order valence-corrected chi connectivity index (χ4v) is 3.74. The summed E-state index contributed by atoms with van der Waals surface area (Å²) in [5, 5.41) is 0. The summed E-state index contributed by atoms with van der Waals surface area (Å²) in [5.74, 6) is 4.66. The Labute approximate surface area is 130 Å². The van der Waals surface area contributed by atoms with Gasteiger partial charge in [0.05, 0.1) is 27.1 Å². The molecular weight excluding hydrogens is 296 g/mol. The highest BCUT2D eigenvalue weighted by molar-refractivity contribution is 7.99. The molecule has 0 rings (SSSR count). The fraction of sp³-hybridized carbons (Fsp3) is 0.857. The molecular formula is C14H26O4S2. The average molecular weight is 322 g/mol. The van der Waals surface area contributed by atoms with Crippen LogP contribution in [-0.4, -0.2) is 49.2 Å². The molecule has 0 heterocycles. The highest BCUT2D eigenvalue weighted by Crippen LogP contribution is 2.21. The maximum absolute atomic E-state index is 11.0. The lowest BCUT2D eigenvalue weighted by molar-refractivity contribution is -0.141. The third-order valence-electron chi connectivity index (χ3n) is 3.09. The number of esters is 2. The van der Waals surface area contributed by atoms with Crippen molar-refractivity contribution in [2.45, 2.75) is 26.7 Å². The molecule has 0 aliphatic carbocycles. The van der Waals surface area contributed by atoms with E-state index < -0.39 is 0 Å². The molecule has 4 nitrogen and oxygen atoms in total. The van der Waals surface area contributed by atoms with Crippen LogP contribution in [0.2, 0.25) is 0 Å². The molecule has 20 heavy (non-hydrogen) atoms. The normalized spacial score (nSPS) is 13.6. The first-order chi connectivity index (χ1) is 9.51. The molecule has 0 fully saturated rings. The molecule has 0 N–H and O–H groups in total. The van der Waals surface area contributed by atoms with Gasteiger partial charge in [-0.3, -0.25) is 9.59 Å². The molecule has 0 radical (unpaired) electrons. The largest absolute Gasteiger partial charge is 0.469 e. The molecule has 0 saturated carbocycles. The summed E-state index contributed by atoms with van der Waals surface area (Å²) in [4.78, 5) is 21.9. The molecule has 0 saturated heterocycles. The highest BCUT2D eigenvalue weighted by atomic mass is 32.2. The number of hydrogen-bond donors (Lipinski definition) is 0. The second kappa shape index (κ2) is 12.4. The Hall–Kier alpha value is -0.360. The van der Waals surface area contributed by atoms with E-state index in [-0.39, 0.29) is 11.9 Å². The minimum absolute atomic E-state index is 0.142. The van der Waals surface area contributed by atoms with E-state index in [9.17, 15) is 9.59 Å². The monoisotopic (exact) mass is 322 g/mol.